The molecule has 0 spiro atoms. The Hall–Kier alpha value is -3.05. The number of allylic oxidation sites excluding steroid dienone is 1. The molecule has 174 valence electrons. The molecule has 3 aromatic carbocycles. The van der Waals surface area contributed by atoms with Crippen molar-refractivity contribution in [3.63, 3.8) is 0 Å². The van der Waals surface area contributed by atoms with Crippen LogP contribution >= 0.6 is 15.9 Å². The Labute approximate surface area is 209 Å². The molecule has 0 radical (unpaired) electrons. The van der Waals surface area contributed by atoms with E-state index in [0.29, 0.717) is 18.9 Å². The second kappa shape index (κ2) is 9.67. The summed E-state index contributed by atoms with van der Waals surface area (Å²) in [4.78, 5) is 13.6. The number of Topliss-reactive ketones (excluding diaryl/α,β-unsaturated/α-hetero) is 1. The van der Waals surface area contributed by atoms with Crippen LogP contribution in [0.5, 0.6) is 5.75 Å². The van der Waals surface area contributed by atoms with Gasteiger partial charge >= 0.3 is 0 Å². The number of nitrogens with one attached hydrogen (secondary N) is 2. The minimum atomic E-state index is -0.195. The Bertz CT molecular complexity index is 1220. The summed E-state index contributed by atoms with van der Waals surface area (Å²) < 4.78 is 6.87. The molecule has 2 N–H and O–H groups in total. The lowest BCUT2D eigenvalue weighted by Crippen LogP contribution is -2.26. The Morgan fingerprint density at radius 2 is 1.59 bits per heavy atom. The van der Waals surface area contributed by atoms with E-state index in [1.54, 1.807) is 0 Å². The standard InChI is InChI=1S/C29H29BrN2O2/c1-18(2)17-34-23-13-9-19(10-14-23)21-15-26-28(27(33)16-21)29(20-7-11-22(30)12-8-20)32-25-6-4-3-5-24(25)31-26/h3-14,18,21,29,31-32H,15-17H2,1-2H3. The quantitative estimate of drug-likeness (QED) is 0.369. The van der Waals surface area contributed by atoms with Gasteiger partial charge in [-0.3, -0.25) is 4.79 Å². The Kier molecular flexibility index (Phi) is 6.46. The predicted octanol–water partition coefficient (Wildman–Crippen LogP) is 7.46. The highest BCUT2D eigenvalue weighted by molar-refractivity contribution is 9.10. The van der Waals surface area contributed by atoms with E-state index in [1.165, 1.54) is 5.56 Å². The number of carbonyl (C=O) groups is 1. The van der Waals surface area contributed by atoms with Crippen molar-refractivity contribution >= 4 is 33.1 Å². The molecule has 2 atom stereocenters. The summed E-state index contributed by atoms with van der Waals surface area (Å²) in [6, 6.07) is 24.4. The molecule has 2 aliphatic rings. The van der Waals surface area contributed by atoms with Crippen LogP contribution in [-0.4, -0.2) is 12.4 Å². The zero-order valence-electron chi connectivity index (χ0n) is 19.5. The van der Waals surface area contributed by atoms with Gasteiger partial charge in [0.2, 0.25) is 0 Å². The number of carbonyl (C=O) groups excluding carboxylic acids is 1. The van der Waals surface area contributed by atoms with E-state index in [4.69, 9.17) is 4.74 Å². The van der Waals surface area contributed by atoms with Crippen molar-refractivity contribution in [2.45, 2.75) is 38.6 Å². The number of anilines is 2. The highest BCUT2D eigenvalue weighted by Gasteiger charge is 2.36. The highest BCUT2D eigenvalue weighted by Crippen LogP contribution is 2.44. The largest absolute Gasteiger partial charge is 0.493 e. The molecule has 0 saturated carbocycles. The highest BCUT2D eigenvalue weighted by atomic mass is 79.9. The molecule has 5 rings (SSSR count). The maximum absolute atomic E-state index is 13.6. The minimum Gasteiger partial charge on any atom is -0.493 e. The fraction of sp³-hybridized carbons (Fsp3) is 0.276. The van der Waals surface area contributed by atoms with Gasteiger partial charge in [-0.25, -0.2) is 0 Å². The number of benzene rings is 3. The monoisotopic (exact) mass is 516 g/mol. The SMILES string of the molecule is CC(C)COc1ccc(C2CC(=O)C3=C(C2)Nc2ccccc2NC3c2ccc(Br)cc2)cc1. The third kappa shape index (κ3) is 4.76. The maximum atomic E-state index is 13.6. The summed E-state index contributed by atoms with van der Waals surface area (Å²) in [5.41, 5.74) is 6.09. The Balaban J connectivity index is 1.48. The molecule has 0 amide bonds. The van der Waals surface area contributed by atoms with E-state index in [2.05, 4.69) is 76.8 Å². The van der Waals surface area contributed by atoms with Gasteiger partial charge in [-0.05, 0) is 65.8 Å². The van der Waals surface area contributed by atoms with Gasteiger partial charge in [-0.15, -0.1) is 0 Å². The lowest BCUT2D eigenvalue weighted by molar-refractivity contribution is -0.116. The maximum Gasteiger partial charge on any atom is 0.163 e. The van der Waals surface area contributed by atoms with Gasteiger partial charge in [0.15, 0.2) is 5.78 Å². The van der Waals surface area contributed by atoms with Gasteiger partial charge in [-0.2, -0.15) is 0 Å². The second-order valence-electron chi connectivity index (χ2n) is 9.49. The molecule has 1 aliphatic heterocycles. The molecular weight excluding hydrogens is 488 g/mol. The molecule has 0 aromatic heterocycles. The van der Waals surface area contributed by atoms with Crippen LogP contribution in [0.25, 0.3) is 0 Å². The van der Waals surface area contributed by atoms with Crippen molar-refractivity contribution in [3.05, 3.63) is 99.7 Å². The average Bonchev–Trinajstić information content (AvgIpc) is 3.00. The molecule has 5 heteroatoms. The number of hydrogen-bond donors (Lipinski definition) is 2. The van der Waals surface area contributed by atoms with Crippen molar-refractivity contribution < 1.29 is 9.53 Å². The van der Waals surface area contributed by atoms with E-state index in [0.717, 1.165) is 44.9 Å². The number of halogens is 1. The first kappa shape index (κ1) is 22.7. The molecule has 0 saturated heterocycles. The van der Waals surface area contributed by atoms with E-state index in [1.807, 2.05) is 36.4 Å². The van der Waals surface area contributed by atoms with Crippen molar-refractivity contribution in [2.24, 2.45) is 5.92 Å². The van der Waals surface area contributed by atoms with E-state index >= 15 is 0 Å². The predicted molar refractivity (Wildman–Crippen MR) is 141 cm³/mol. The van der Waals surface area contributed by atoms with Crippen LogP contribution in [0.4, 0.5) is 11.4 Å². The van der Waals surface area contributed by atoms with Crippen molar-refractivity contribution in [1.29, 1.82) is 0 Å². The molecule has 34 heavy (non-hydrogen) atoms. The number of rotatable bonds is 5. The number of para-hydroxylation sites is 2. The summed E-state index contributed by atoms with van der Waals surface area (Å²) in [5, 5.41) is 7.25. The second-order valence-corrected chi connectivity index (χ2v) is 10.4. The molecule has 0 fully saturated rings. The molecule has 2 unspecified atom stereocenters. The van der Waals surface area contributed by atoms with Gasteiger partial charge in [0, 0.05) is 22.2 Å². The summed E-state index contributed by atoms with van der Waals surface area (Å²) in [5.74, 6) is 1.68. The summed E-state index contributed by atoms with van der Waals surface area (Å²) >= 11 is 3.53. The van der Waals surface area contributed by atoms with Gasteiger partial charge in [0.05, 0.1) is 24.0 Å². The third-order valence-corrected chi connectivity index (χ3v) is 6.98. The van der Waals surface area contributed by atoms with Crippen molar-refractivity contribution in [1.82, 2.24) is 0 Å². The average molecular weight is 517 g/mol. The van der Waals surface area contributed by atoms with Crippen LogP contribution in [0.2, 0.25) is 0 Å². The van der Waals surface area contributed by atoms with E-state index in [-0.39, 0.29) is 17.7 Å². The third-order valence-electron chi connectivity index (χ3n) is 6.45. The lowest BCUT2D eigenvalue weighted by atomic mass is 9.78. The van der Waals surface area contributed by atoms with Crippen LogP contribution in [0.15, 0.2) is 88.5 Å². The molecule has 0 bridgehead atoms. The fourth-order valence-corrected chi connectivity index (χ4v) is 5.00. The van der Waals surface area contributed by atoms with Crippen LogP contribution in [0.3, 0.4) is 0 Å². The number of ketones is 1. The minimum absolute atomic E-state index is 0.133. The summed E-state index contributed by atoms with van der Waals surface area (Å²) in [6.45, 7) is 4.98. The van der Waals surface area contributed by atoms with Crippen molar-refractivity contribution in [2.75, 3.05) is 17.2 Å². The topological polar surface area (TPSA) is 50.4 Å². The molecule has 1 heterocycles. The summed E-state index contributed by atoms with van der Waals surface area (Å²) in [7, 11) is 0. The smallest absolute Gasteiger partial charge is 0.163 e. The molecular formula is C29H29BrN2O2. The number of hydrogen-bond acceptors (Lipinski definition) is 4. The first-order chi connectivity index (χ1) is 16.5. The van der Waals surface area contributed by atoms with Gasteiger partial charge in [0.1, 0.15) is 5.75 Å². The lowest BCUT2D eigenvalue weighted by Gasteiger charge is -2.30. The molecule has 1 aliphatic carbocycles. The molecule has 4 nitrogen and oxygen atoms in total. The van der Waals surface area contributed by atoms with Gasteiger partial charge in [0.25, 0.3) is 0 Å². The zero-order valence-corrected chi connectivity index (χ0v) is 21.1. The van der Waals surface area contributed by atoms with Gasteiger partial charge < -0.3 is 15.4 Å². The molecule has 3 aromatic rings. The van der Waals surface area contributed by atoms with Crippen LogP contribution in [-0.2, 0) is 4.79 Å². The van der Waals surface area contributed by atoms with Gasteiger partial charge in [-0.1, -0.05) is 66.2 Å². The van der Waals surface area contributed by atoms with Crippen molar-refractivity contribution in [3.8, 4) is 5.75 Å². The number of ether oxygens (including phenoxy) is 1. The number of fused-ring (bicyclic) bond motifs is 1. The van der Waals surface area contributed by atoms with E-state index < -0.39 is 0 Å². The first-order valence-electron chi connectivity index (χ1n) is 11.8. The van der Waals surface area contributed by atoms with E-state index in [9.17, 15) is 4.79 Å². The zero-order chi connectivity index (χ0) is 23.7. The fourth-order valence-electron chi connectivity index (χ4n) is 4.73. The summed E-state index contributed by atoms with van der Waals surface area (Å²) in [6.07, 6.45) is 1.29. The first-order valence-corrected chi connectivity index (χ1v) is 12.6. The van der Waals surface area contributed by atoms with Crippen LogP contribution < -0.4 is 15.4 Å². The Morgan fingerprint density at radius 3 is 2.29 bits per heavy atom. The Morgan fingerprint density at radius 1 is 0.912 bits per heavy atom. The van der Waals surface area contributed by atoms with Crippen LogP contribution in [0.1, 0.15) is 49.8 Å². The normalized spacial score (nSPS) is 19.6. The van der Waals surface area contributed by atoms with Crippen LogP contribution in [0, 0.1) is 5.92 Å².